The van der Waals surface area contributed by atoms with Gasteiger partial charge in [0.2, 0.25) is 0 Å². The van der Waals surface area contributed by atoms with E-state index in [0.717, 1.165) is 11.5 Å². The summed E-state index contributed by atoms with van der Waals surface area (Å²) in [4.78, 5) is 0. The minimum absolute atomic E-state index is 0.534. The monoisotopic (exact) mass is 102 g/mol. The predicted octanol–water partition coefficient (Wildman–Crippen LogP) is 0.305. The first-order chi connectivity index (χ1) is 2.89. The van der Waals surface area contributed by atoms with Crippen molar-refractivity contribution in [2.45, 2.75) is 0 Å². The first-order valence-electron chi connectivity index (χ1n) is 1.89. The van der Waals surface area contributed by atoms with Gasteiger partial charge in [0.05, 0.1) is 0 Å². The highest BCUT2D eigenvalue weighted by atomic mass is 32.2. The Morgan fingerprint density at radius 1 is 1.33 bits per heavy atom. The van der Waals surface area contributed by atoms with Crippen LogP contribution in [0, 0.1) is 0 Å². The molecule has 0 saturated heterocycles. The van der Waals surface area contributed by atoms with Crippen LogP contribution in [0.15, 0.2) is 12.2 Å². The summed E-state index contributed by atoms with van der Waals surface area (Å²) >= 11 is -0.534. The smallest absolute Gasteiger partial charge is 0.124 e. The van der Waals surface area contributed by atoms with Gasteiger partial charge in [-0.05, 0) is 23.3 Å². The van der Waals surface area contributed by atoms with E-state index < -0.39 is 11.2 Å². The van der Waals surface area contributed by atoms with Gasteiger partial charge in [-0.15, -0.1) is 0 Å². The normalized spacial score (nSPS) is 22.8. The second-order valence-corrected chi connectivity index (χ2v) is 2.79. The van der Waals surface area contributed by atoms with Crippen molar-refractivity contribution in [2.75, 3.05) is 11.5 Å². The van der Waals surface area contributed by atoms with Crippen molar-refractivity contribution >= 4 is 11.2 Å². The van der Waals surface area contributed by atoms with Gasteiger partial charge >= 0.3 is 0 Å². The van der Waals surface area contributed by atoms with Gasteiger partial charge in [0, 0.05) is 0 Å². The molecule has 0 aromatic carbocycles. The standard InChI is InChI=1S/C4H6OS/c5-6-3-1-2-4-6/h1-2H,3-4H2. The molecule has 0 aromatic heterocycles. The van der Waals surface area contributed by atoms with Gasteiger partial charge in [-0.2, -0.15) is 0 Å². The van der Waals surface area contributed by atoms with Crippen LogP contribution in [0.4, 0.5) is 0 Å². The van der Waals surface area contributed by atoms with Crippen LogP contribution < -0.4 is 0 Å². The molecule has 1 nitrogen and oxygen atoms in total. The van der Waals surface area contributed by atoms with Crippen molar-refractivity contribution in [3.05, 3.63) is 12.2 Å². The fraction of sp³-hybridized carbons (Fsp3) is 0.500. The minimum Gasteiger partial charge on any atom is -0.616 e. The molecule has 1 aliphatic heterocycles. The molecule has 1 aliphatic rings. The zero-order valence-corrected chi connectivity index (χ0v) is 4.20. The molecule has 0 unspecified atom stereocenters. The van der Waals surface area contributed by atoms with Crippen molar-refractivity contribution in [2.24, 2.45) is 0 Å². The van der Waals surface area contributed by atoms with E-state index in [9.17, 15) is 4.55 Å². The van der Waals surface area contributed by atoms with E-state index in [2.05, 4.69) is 0 Å². The molecule has 1 rings (SSSR count). The van der Waals surface area contributed by atoms with Crippen LogP contribution in [0.25, 0.3) is 0 Å². The van der Waals surface area contributed by atoms with Gasteiger partial charge < -0.3 is 4.55 Å². The molecule has 0 aliphatic carbocycles. The van der Waals surface area contributed by atoms with Crippen LogP contribution >= 0.6 is 0 Å². The highest BCUT2D eigenvalue weighted by Gasteiger charge is 2.04. The Kier molecular flexibility index (Phi) is 1.17. The van der Waals surface area contributed by atoms with Gasteiger partial charge in [0.1, 0.15) is 11.5 Å². The third-order valence-electron chi connectivity index (χ3n) is 0.731. The molecule has 6 heavy (non-hydrogen) atoms. The highest BCUT2D eigenvalue weighted by molar-refractivity contribution is 7.91. The fourth-order valence-corrected chi connectivity index (χ4v) is 1.26. The Morgan fingerprint density at radius 2 is 1.83 bits per heavy atom. The Balaban J connectivity index is 2.32. The fourth-order valence-electron chi connectivity index (χ4n) is 0.419. The molecule has 0 spiro atoms. The van der Waals surface area contributed by atoms with E-state index in [-0.39, 0.29) is 0 Å². The summed E-state index contributed by atoms with van der Waals surface area (Å²) in [5.41, 5.74) is 0. The van der Waals surface area contributed by atoms with Crippen LogP contribution in [0.2, 0.25) is 0 Å². The molecule has 34 valence electrons. The first kappa shape index (κ1) is 4.22. The lowest BCUT2D eigenvalue weighted by Crippen LogP contribution is -1.99. The Hall–Kier alpha value is 0.0500. The highest BCUT2D eigenvalue weighted by Crippen LogP contribution is 1.98. The lowest BCUT2D eigenvalue weighted by Gasteiger charge is -1.96. The summed E-state index contributed by atoms with van der Waals surface area (Å²) in [6.45, 7) is 0. The molecule has 0 bridgehead atoms. The van der Waals surface area contributed by atoms with Crippen molar-refractivity contribution in [1.82, 2.24) is 0 Å². The van der Waals surface area contributed by atoms with E-state index >= 15 is 0 Å². The van der Waals surface area contributed by atoms with Gasteiger partial charge in [-0.3, -0.25) is 0 Å². The van der Waals surface area contributed by atoms with Crippen LogP contribution in [-0.4, -0.2) is 16.1 Å². The second kappa shape index (κ2) is 1.67. The van der Waals surface area contributed by atoms with Crippen molar-refractivity contribution in [1.29, 1.82) is 0 Å². The summed E-state index contributed by atoms with van der Waals surface area (Å²) in [6, 6.07) is 0. The van der Waals surface area contributed by atoms with E-state index in [0.29, 0.717) is 0 Å². The zero-order chi connectivity index (χ0) is 4.41. The Labute approximate surface area is 40.2 Å². The zero-order valence-electron chi connectivity index (χ0n) is 3.39. The molecular weight excluding hydrogens is 96.1 g/mol. The second-order valence-electron chi connectivity index (χ2n) is 1.24. The minimum atomic E-state index is -0.534. The Morgan fingerprint density at radius 3 is 2.00 bits per heavy atom. The van der Waals surface area contributed by atoms with Crippen LogP contribution in [-0.2, 0) is 11.2 Å². The van der Waals surface area contributed by atoms with Crippen LogP contribution in [0.5, 0.6) is 0 Å². The molecule has 0 radical (unpaired) electrons. The largest absolute Gasteiger partial charge is 0.616 e. The summed E-state index contributed by atoms with van der Waals surface area (Å²) in [5, 5.41) is 0. The quantitative estimate of drug-likeness (QED) is 0.319. The molecule has 0 fully saturated rings. The van der Waals surface area contributed by atoms with E-state index in [1.165, 1.54) is 0 Å². The average Bonchev–Trinajstić information content (AvgIpc) is 1.86. The summed E-state index contributed by atoms with van der Waals surface area (Å²) in [7, 11) is 0. The summed E-state index contributed by atoms with van der Waals surface area (Å²) < 4.78 is 10.3. The molecule has 0 atom stereocenters. The summed E-state index contributed by atoms with van der Waals surface area (Å²) in [5.74, 6) is 1.56. The van der Waals surface area contributed by atoms with Gasteiger partial charge in [0.25, 0.3) is 0 Å². The maximum atomic E-state index is 10.3. The maximum Gasteiger partial charge on any atom is 0.124 e. The number of hydrogen-bond donors (Lipinski definition) is 0. The van der Waals surface area contributed by atoms with Crippen LogP contribution in [0.3, 0.4) is 0 Å². The SMILES string of the molecule is [O-][S+]1CC=CC1. The predicted molar refractivity (Wildman–Crippen MR) is 27.0 cm³/mol. The summed E-state index contributed by atoms with van der Waals surface area (Å²) in [6.07, 6.45) is 3.91. The van der Waals surface area contributed by atoms with Crippen molar-refractivity contribution in [3.63, 3.8) is 0 Å². The molecule has 1 heterocycles. The third-order valence-corrected chi connectivity index (χ3v) is 1.86. The lowest BCUT2D eigenvalue weighted by atomic mass is 10.6. The Bertz CT molecular complexity index is 61.9. The van der Waals surface area contributed by atoms with E-state index in [1.807, 2.05) is 12.2 Å². The first-order valence-corrected chi connectivity index (χ1v) is 3.38. The molecule has 0 N–H and O–H groups in total. The van der Waals surface area contributed by atoms with Crippen molar-refractivity contribution < 1.29 is 4.55 Å². The van der Waals surface area contributed by atoms with E-state index in [4.69, 9.17) is 0 Å². The van der Waals surface area contributed by atoms with Gasteiger partial charge in [-0.1, -0.05) is 0 Å². The van der Waals surface area contributed by atoms with Gasteiger partial charge in [-0.25, -0.2) is 0 Å². The van der Waals surface area contributed by atoms with Crippen LogP contribution in [0.1, 0.15) is 0 Å². The van der Waals surface area contributed by atoms with E-state index in [1.54, 1.807) is 0 Å². The number of rotatable bonds is 0. The maximum absolute atomic E-state index is 10.3. The average molecular weight is 102 g/mol. The molecule has 2 heteroatoms. The molecular formula is C4H6OS. The van der Waals surface area contributed by atoms with Gasteiger partial charge in [0.15, 0.2) is 0 Å². The number of hydrogen-bond acceptors (Lipinski definition) is 1. The molecule has 0 aromatic rings. The third kappa shape index (κ3) is 0.758. The molecule has 0 amide bonds. The lowest BCUT2D eigenvalue weighted by molar-refractivity contribution is 0.602. The molecule has 0 saturated carbocycles. The topological polar surface area (TPSA) is 23.1 Å². The van der Waals surface area contributed by atoms with Crippen molar-refractivity contribution in [3.8, 4) is 0 Å².